The van der Waals surface area contributed by atoms with Gasteiger partial charge < -0.3 is 14.8 Å². The van der Waals surface area contributed by atoms with Crippen molar-refractivity contribution in [2.24, 2.45) is 5.92 Å². The monoisotopic (exact) mass is 371 g/mol. The molecule has 1 aromatic carbocycles. The molecule has 0 saturated carbocycles. The Kier molecular flexibility index (Phi) is 4.66. The number of para-hydroxylation sites is 1. The van der Waals surface area contributed by atoms with Crippen molar-refractivity contribution in [3.05, 3.63) is 35.3 Å². The second-order valence-corrected chi connectivity index (χ2v) is 7.83. The molecule has 144 valence electrons. The summed E-state index contributed by atoms with van der Waals surface area (Å²) in [6.07, 6.45) is 3.00. The number of carbonyl (C=O) groups is 2. The van der Waals surface area contributed by atoms with E-state index in [1.807, 2.05) is 22.8 Å². The van der Waals surface area contributed by atoms with Gasteiger partial charge in [-0.3, -0.25) is 9.59 Å². The Labute approximate surface area is 158 Å². The third-order valence-corrected chi connectivity index (χ3v) is 6.04. The third kappa shape index (κ3) is 3.11. The second-order valence-electron chi connectivity index (χ2n) is 7.83. The summed E-state index contributed by atoms with van der Waals surface area (Å²) >= 11 is 0. The molecule has 0 unspecified atom stereocenters. The van der Waals surface area contributed by atoms with Gasteiger partial charge in [0.2, 0.25) is 11.8 Å². The fourth-order valence-corrected chi connectivity index (χ4v) is 4.64. The molecule has 3 fully saturated rings. The van der Waals surface area contributed by atoms with E-state index in [1.165, 1.54) is 6.07 Å². The quantitative estimate of drug-likeness (QED) is 0.898. The first kappa shape index (κ1) is 18.0. The Bertz CT molecular complexity index is 891. The minimum Gasteiger partial charge on any atom is -0.356 e. The molecule has 5 rings (SSSR count). The number of carbonyl (C=O) groups excluding carboxylic acids is 2. The van der Waals surface area contributed by atoms with Crippen LogP contribution in [-0.4, -0.2) is 52.3 Å². The summed E-state index contributed by atoms with van der Waals surface area (Å²) < 4.78 is 14.0. The maximum Gasteiger partial charge on any atom is 0.227 e. The van der Waals surface area contributed by atoms with E-state index in [9.17, 15) is 14.0 Å². The molecule has 0 aliphatic carbocycles. The zero-order chi connectivity index (χ0) is 19.1. The van der Waals surface area contributed by atoms with Crippen molar-refractivity contribution in [3.8, 4) is 0 Å². The first-order chi connectivity index (χ1) is 13.0. The summed E-state index contributed by atoms with van der Waals surface area (Å²) in [6, 6.07) is 5.07. The predicted octanol–water partition coefficient (Wildman–Crippen LogP) is 3.02. The number of halogens is 1. The molecular formula is C21H26FN3O2. The molecule has 5 nitrogen and oxygen atoms in total. The maximum absolute atomic E-state index is 14.0. The average molecular weight is 371 g/mol. The molecule has 0 spiro atoms. The lowest BCUT2D eigenvalue weighted by molar-refractivity contribution is -0.139. The Balaban J connectivity index is 1.57. The van der Waals surface area contributed by atoms with Crippen LogP contribution in [0.25, 0.3) is 10.9 Å². The maximum atomic E-state index is 14.0. The molecule has 3 aliphatic heterocycles. The largest absolute Gasteiger partial charge is 0.356 e. The number of rotatable bonds is 4. The van der Waals surface area contributed by atoms with E-state index in [0.29, 0.717) is 18.6 Å². The molecule has 0 radical (unpaired) electrons. The normalized spacial score (nSPS) is 22.6. The number of piperidine rings is 1. The van der Waals surface area contributed by atoms with Gasteiger partial charge in [0.1, 0.15) is 5.82 Å². The summed E-state index contributed by atoms with van der Waals surface area (Å²) in [6.45, 7) is 5.83. The highest BCUT2D eigenvalue weighted by Crippen LogP contribution is 2.30. The van der Waals surface area contributed by atoms with Gasteiger partial charge in [0.05, 0.1) is 17.9 Å². The van der Waals surface area contributed by atoms with Crippen LogP contribution in [0.4, 0.5) is 4.39 Å². The van der Waals surface area contributed by atoms with Crippen LogP contribution in [0.5, 0.6) is 0 Å². The number of aromatic nitrogens is 1. The molecule has 2 atom stereocenters. The van der Waals surface area contributed by atoms with E-state index in [-0.39, 0.29) is 36.0 Å². The zero-order valence-electron chi connectivity index (χ0n) is 15.9. The van der Waals surface area contributed by atoms with Crippen molar-refractivity contribution >= 4 is 22.7 Å². The van der Waals surface area contributed by atoms with Crippen molar-refractivity contribution in [1.29, 1.82) is 0 Å². The lowest BCUT2D eigenvalue weighted by Crippen LogP contribution is -2.48. The molecule has 3 aliphatic rings. The highest BCUT2D eigenvalue weighted by atomic mass is 19.1. The van der Waals surface area contributed by atoms with Gasteiger partial charge in [0.15, 0.2) is 0 Å². The van der Waals surface area contributed by atoms with Crippen LogP contribution in [0.2, 0.25) is 0 Å². The van der Waals surface area contributed by atoms with Gasteiger partial charge in [-0.05, 0) is 37.8 Å². The van der Waals surface area contributed by atoms with Crippen LogP contribution in [0, 0.1) is 18.7 Å². The van der Waals surface area contributed by atoms with Gasteiger partial charge in [-0.2, -0.15) is 0 Å². The summed E-state index contributed by atoms with van der Waals surface area (Å²) in [5.41, 5.74) is 2.13. The average Bonchev–Trinajstić information content (AvgIpc) is 2.80. The van der Waals surface area contributed by atoms with Gasteiger partial charge in [-0.15, -0.1) is 0 Å². The molecule has 2 aromatic rings. The summed E-state index contributed by atoms with van der Waals surface area (Å²) in [5.74, 6) is -0.163. The van der Waals surface area contributed by atoms with Crippen LogP contribution in [0.3, 0.4) is 0 Å². The first-order valence-electron chi connectivity index (χ1n) is 9.83. The molecule has 2 amide bonds. The van der Waals surface area contributed by atoms with Crippen molar-refractivity contribution in [1.82, 2.24) is 14.8 Å². The van der Waals surface area contributed by atoms with Crippen LogP contribution in [-0.2, 0) is 16.0 Å². The topological polar surface area (TPSA) is 56.4 Å². The summed E-state index contributed by atoms with van der Waals surface area (Å²) in [5, 5.41) is 0.766. The fourth-order valence-electron chi connectivity index (χ4n) is 4.64. The Morgan fingerprint density at radius 1 is 1.30 bits per heavy atom. The SMILES string of the molecule is CCCN1C(=O)[C@@H]2CC[C@H]1CN(C(=O)Cc1c(C)[nH]c3c(F)cccc13)C2. The number of hydrogen-bond acceptors (Lipinski definition) is 2. The smallest absolute Gasteiger partial charge is 0.227 e. The molecule has 1 aromatic heterocycles. The van der Waals surface area contributed by atoms with E-state index >= 15 is 0 Å². The summed E-state index contributed by atoms with van der Waals surface area (Å²) in [7, 11) is 0. The highest BCUT2D eigenvalue weighted by Gasteiger charge is 2.41. The van der Waals surface area contributed by atoms with Crippen LogP contribution < -0.4 is 0 Å². The zero-order valence-corrected chi connectivity index (χ0v) is 15.9. The van der Waals surface area contributed by atoms with Crippen molar-refractivity contribution in [3.63, 3.8) is 0 Å². The molecule has 3 saturated heterocycles. The molecule has 2 bridgehead atoms. The van der Waals surface area contributed by atoms with Gasteiger partial charge in [-0.1, -0.05) is 19.1 Å². The van der Waals surface area contributed by atoms with Gasteiger partial charge in [-0.25, -0.2) is 4.39 Å². The molecule has 6 heteroatoms. The Hall–Kier alpha value is -2.37. The van der Waals surface area contributed by atoms with Crippen LogP contribution >= 0.6 is 0 Å². The van der Waals surface area contributed by atoms with Crippen LogP contribution in [0.15, 0.2) is 18.2 Å². The molecule has 4 heterocycles. The predicted molar refractivity (Wildman–Crippen MR) is 102 cm³/mol. The second kappa shape index (κ2) is 6.98. The minimum absolute atomic E-state index is 0.0197. The van der Waals surface area contributed by atoms with Gasteiger partial charge in [0.25, 0.3) is 0 Å². The number of aryl methyl sites for hydroxylation is 1. The number of fused-ring (bicyclic) bond motifs is 5. The van der Waals surface area contributed by atoms with Crippen LogP contribution in [0.1, 0.15) is 37.4 Å². The number of hydrogen-bond donors (Lipinski definition) is 1. The lowest BCUT2D eigenvalue weighted by atomic mass is 9.94. The Morgan fingerprint density at radius 3 is 2.89 bits per heavy atom. The number of amides is 2. The number of nitrogens with zero attached hydrogens (tertiary/aromatic N) is 2. The minimum atomic E-state index is -0.303. The number of nitrogens with one attached hydrogen (secondary N) is 1. The molecule has 1 N–H and O–H groups in total. The number of aromatic amines is 1. The standard InChI is InChI=1S/C21H26FN3O2/c1-3-9-25-15-8-7-14(21(25)27)11-24(12-15)19(26)10-17-13(2)23-20-16(17)5-4-6-18(20)22/h4-6,14-15,23H,3,7-12H2,1-2H3/t14-,15+/m1/s1. The first-order valence-corrected chi connectivity index (χ1v) is 9.83. The molecular weight excluding hydrogens is 345 g/mol. The third-order valence-electron chi connectivity index (χ3n) is 6.04. The van der Waals surface area contributed by atoms with E-state index in [0.717, 1.165) is 42.5 Å². The lowest BCUT2D eigenvalue weighted by Gasteiger charge is -2.35. The number of benzene rings is 1. The Morgan fingerprint density at radius 2 is 2.11 bits per heavy atom. The highest BCUT2D eigenvalue weighted by molar-refractivity contribution is 5.91. The van der Waals surface area contributed by atoms with Gasteiger partial charge >= 0.3 is 0 Å². The fraction of sp³-hybridized carbons (Fsp3) is 0.524. The van der Waals surface area contributed by atoms with E-state index in [2.05, 4.69) is 11.9 Å². The van der Waals surface area contributed by atoms with Crippen molar-refractivity contribution in [2.45, 2.75) is 45.6 Å². The van der Waals surface area contributed by atoms with E-state index in [4.69, 9.17) is 0 Å². The van der Waals surface area contributed by atoms with Gasteiger partial charge in [0, 0.05) is 36.8 Å². The van der Waals surface area contributed by atoms with Crippen molar-refractivity contribution in [2.75, 3.05) is 19.6 Å². The van der Waals surface area contributed by atoms with E-state index in [1.54, 1.807) is 6.07 Å². The number of H-pyrrole nitrogens is 1. The molecule has 27 heavy (non-hydrogen) atoms. The van der Waals surface area contributed by atoms with E-state index < -0.39 is 0 Å². The summed E-state index contributed by atoms with van der Waals surface area (Å²) in [4.78, 5) is 32.7. The van der Waals surface area contributed by atoms with Crippen molar-refractivity contribution < 1.29 is 14.0 Å².